The van der Waals surface area contributed by atoms with E-state index in [4.69, 9.17) is 26.3 Å². The molecule has 0 amide bonds. The van der Waals surface area contributed by atoms with Gasteiger partial charge in [0.1, 0.15) is 17.9 Å². The molecule has 0 spiro atoms. The molecule has 2 aromatic heterocycles. The molecule has 5 aromatic rings. The summed E-state index contributed by atoms with van der Waals surface area (Å²) >= 11 is 6.51. The molecule has 1 aliphatic heterocycles. The van der Waals surface area contributed by atoms with Gasteiger partial charge in [-0.25, -0.2) is 9.97 Å². The van der Waals surface area contributed by atoms with Gasteiger partial charge < -0.3 is 19.1 Å². The van der Waals surface area contributed by atoms with Crippen LogP contribution in [0.15, 0.2) is 85.3 Å². The topological polar surface area (TPSA) is 46.4 Å². The van der Waals surface area contributed by atoms with E-state index in [9.17, 15) is 0 Å². The quantitative estimate of drug-likeness (QED) is 0.275. The van der Waals surface area contributed by atoms with E-state index in [0.717, 1.165) is 81.9 Å². The molecule has 0 saturated carbocycles. The second kappa shape index (κ2) is 9.79. The van der Waals surface area contributed by atoms with Crippen LogP contribution in [0, 0.1) is 6.92 Å². The lowest BCUT2D eigenvalue weighted by atomic mass is 10.1. The molecule has 37 heavy (non-hydrogen) atoms. The average molecular weight is 510 g/mol. The first-order valence-corrected chi connectivity index (χ1v) is 12.8. The van der Waals surface area contributed by atoms with Crippen molar-refractivity contribution in [1.82, 2.24) is 14.5 Å². The third-order valence-corrected chi connectivity index (χ3v) is 7.49. The van der Waals surface area contributed by atoms with Crippen molar-refractivity contribution in [2.45, 2.75) is 6.92 Å². The molecule has 6 nitrogen and oxygen atoms in total. The molecule has 0 bridgehead atoms. The van der Waals surface area contributed by atoms with E-state index < -0.39 is 0 Å². The van der Waals surface area contributed by atoms with Crippen molar-refractivity contribution in [1.29, 1.82) is 0 Å². The zero-order valence-corrected chi connectivity index (χ0v) is 21.7. The van der Waals surface area contributed by atoms with Crippen LogP contribution in [0.5, 0.6) is 5.75 Å². The largest absolute Gasteiger partial charge is 0.495 e. The lowest BCUT2D eigenvalue weighted by molar-refractivity contribution is 0.413. The molecule has 0 atom stereocenters. The van der Waals surface area contributed by atoms with Crippen LogP contribution in [-0.2, 0) is 0 Å². The summed E-state index contributed by atoms with van der Waals surface area (Å²) in [6, 6.07) is 24.8. The predicted octanol–water partition coefficient (Wildman–Crippen LogP) is 6.38. The first kappa shape index (κ1) is 23.4. The van der Waals surface area contributed by atoms with Crippen molar-refractivity contribution in [3.63, 3.8) is 0 Å². The van der Waals surface area contributed by atoms with Gasteiger partial charge in [-0.2, -0.15) is 0 Å². The van der Waals surface area contributed by atoms with Gasteiger partial charge >= 0.3 is 0 Å². The summed E-state index contributed by atoms with van der Waals surface area (Å²) in [5, 5.41) is 1.79. The molecule has 6 rings (SSSR count). The van der Waals surface area contributed by atoms with Crippen LogP contribution in [0.25, 0.3) is 27.8 Å². The maximum atomic E-state index is 6.51. The van der Waals surface area contributed by atoms with E-state index in [1.807, 2.05) is 37.3 Å². The summed E-state index contributed by atoms with van der Waals surface area (Å²) in [6.45, 7) is 5.46. The van der Waals surface area contributed by atoms with E-state index in [2.05, 4.69) is 63.0 Å². The van der Waals surface area contributed by atoms with Crippen molar-refractivity contribution in [3.8, 4) is 22.6 Å². The summed E-state index contributed by atoms with van der Waals surface area (Å²) in [6.07, 6.45) is 3.83. The molecule has 0 aliphatic carbocycles. The zero-order chi connectivity index (χ0) is 25.4. The fourth-order valence-corrected chi connectivity index (χ4v) is 5.28. The number of para-hydroxylation sites is 2. The smallest absolute Gasteiger partial charge is 0.150 e. The fraction of sp³-hybridized carbons (Fsp3) is 0.200. The molecule has 0 radical (unpaired) electrons. The van der Waals surface area contributed by atoms with Crippen LogP contribution < -0.4 is 14.5 Å². The number of nitrogens with zero attached hydrogens (tertiary/aromatic N) is 5. The first-order chi connectivity index (χ1) is 18.1. The highest BCUT2D eigenvalue weighted by atomic mass is 35.5. The summed E-state index contributed by atoms with van der Waals surface area (Å²) in [7, 11) is 1.73. The number of benzene rings is 3. The summed E-state index contributed by atoms with van der Waals surface area (Å²) in [5.74, 6) is 1.86. The number of halogens is 1. The number of ether oxygens (including phenoxy) is 1. The highest BCUT2D eigenvalue weighted by Crippen LogP contribution is 2.38. The molecule has 0 unspecified atom stereocenters. The number of hydrogen-bond acceptors (Lipinski definition) is 5. The van der Waals surface area contributed by atoms with E-state index in [1.165, 1.54) is 0 Å². The Labute approximate surface area is 221 Å². The fourth-order valence-electron chi connectivity index (χ4n) is 5.10. The number of anilines is 2. The molecule has 1 aliphatic rings. The summed E-state index contributed by atoms with van der Waals surface area (Å²) < 4.78 is 7.73. The maximum absolute atomic E-state index is 6.51. The first-order valence-electron chi connectivity index (χ1n) is 12.4. The molecule has 7 heteroatoms. The SMILES string of the molecule is COc1ccccc1N1CCN(c2ncnc3c2c(-c2ccccc2)cn3-c2ccc(C)c(Cl)c2)CC1. The third kappa shape index (κ3) is 4.27. The molecular weight excluding hydrogens is 482 g/mol. The van der Waals surface area contributed by atoms with Gasteiger partial charge in [0.2, 0.25) is 0 Å². The maximum Gasteiger partial charge on any atom is 0.150 e. The van der Waals surface area contributed by atoms with Gasteiger partial charge in [0.15, 0.2) is 5.65 Å². The Hall–Kier alpha value is -4.03. The van der Waals surface area contributed by atoms with Crippen LogP contribution in [-0.4, -0.2) is 47.8 Å². The molecule has 186 valence electrons. The van der Waals surface area contributed by atoms with Gasteiger partial charge in [0.05, 0.1) is 18.2 Å². The Kier molecular flexibility index (Phi) is 6.18. The van der Waals surface area contributed by atoms with Crippen molar-refractivity contribution in [2.75, 3.05) is 43.1 Å². The Morgan fingerprint density at radius 3 is 2.32 bits per heavy atom. The number of rotatable bonds is 5. The van der Waals surface area contributed by atoms with Crippen molar-refractivity contribution >= 4 is 34.1 Å². The molecule has 1 fully saturated rings. The van der Waals surface area contributed by atoms with Crippen LogP contribution >= 0.6 is 11.6 Å². The van der Waals surface area contributed by atoms with Crippen LogP contribution in [0.1, 0.15) is 5.56 Å². The molecule has 3 heterocycles. The zero-order valence-electron chi connectivity index (χ0n) is 20.9. The van der Waals surface area contributed by atoms with Crippen LogP contribution in [0.4, 0.5) is 11.5 Å². The number of aromatic nitrogens is 3. The Balaban J connectivity index is 1.42. The van der Waals surface area contributed by atoms with E-state index in [0.29, 0.717) is 0 Å². The monoisotopic (exact) mass is 509 g/mol. The number of methoxy groups -OCH3 is 1. The highest BCUT2D eigenvalue weighted by Gasteiger charge is 2.25. The molecule has 0 N–H and O–H groups in total. The lowest BCUT2D eigenvalue weighted by Gasteiger charge is -2.37. The van der Waals surface area contributed by atoms with Gasteiger partial charge in [-0.15, -0.1) is 0 Å². The van der Waals surface area contributed by atoms with Gasteiger partial charge in [-0.3, -0.25) is 0 Å². The lowest BCUT2D eigenvalue weighted by Crippen LogP contribution is -2.47. The molecular formula is C30H28ClN5O. The standard InChI is InChI=1S/C30H28ClN5O/c1-21-12-13-23(18-25(21)31)36-19-24(22-8-4-3-5-9-22)28-29(32-20-33-30(28)36)35-16-14-34(15-17-35)26-10-6-7-11-27(26)37-2/h3-13,18-20H,14-17H2,1-2H3. The summed E-state index contributed by atoms with van der Waals surface area (Å²) in [5.41, 5.74) is 6.27. The van der Waals surface area contributed by atoms with Gasteiger partial charge in [0, 0.05) is 48.6 Å². The predicted molar refractivity (Wildman–Crippen MR) is 151 cm³/mol. The van der Waals surface area contributed by atoms with Crippen molar-refractivity contribution in [3.05, 3.63) is 95.9 Å². The average Bonchev–Trinajstić information content (AvgIpc) is 3.35. The number of hydrogen-bond donors (Lipinski definition) is 0. The summed E-state index contributed by atoms with van der Waals surface area (Å²) in [4.78, 5) is 14.3. The highest BCUT2D eigenvalue weighted by molar-refractivity contribution is 6.31. The minimum absolute atomic E-state index is 0.738. The van der Waals surface area contributed by atoms with Crippen LogP contribution in [0.2, 0.25) is 5.02 Å². The Morgan fingerprint density at radius 1 is 0.838 bits per heavy atom. The van der Waals surface area contributed by atoms with Gasteiger partial charge in [-0.1, -0.05) is 60.1 Å². The van der Waals surface area contributed by atoms with Crippen molar-refractivity contribution in [2.24, 2.45) is 0 Å². The van der Waals surface area contributed by atoms with Crippen LogP contribution in [0.3, 0.4) is 0 Å². The minimum atomic E-state index is 0.738. The number of fused-ring (bicyclic) bond motifs is 1. The van der Waals surface area contributed by atoms with E-state index >= 15 is 0 Å². The van der Waals surface area contributed by atoms with E-state index in [-0.39, 0.29) is 0 Å². The van der Waals surface area contributed by atoms with E-state index in [1.54, 1.807) is 13.4 Å². The number of piperazine rings is 1. The Bertz CT molecular complexity index is 1560. The third-order valence-electron chi connectivity index (χ3n) is 7.09. The van der Waals surface area contributed by atoms with Gasteiger partial charge in [-0.05, 0) is 42.3 Å². The van der Waals surface area contributed by atoms with Gasteiger partial charge in [0.25, 0.3) is 0 Å². The second-order valence-electron chi connectivity index (χ2n) is 9.25. The molecule has 1 saturated heterocycles. The normalized spacial score (nSPS) is 13.8. The molecule has 3 aromatic carbocycles. The number of aryl methyl sites for hydroxylation is 1. The second-order valence-corrected chi connectivity index (χ2v) is 9.66. The van der Waals surface area contributed by atoms with Crippen molar-refractivity contribution < 1.29 is 4.74 Å². The Morgan fingerprint density at radius 2 is 1.57 bits per heavy atom. The minimum Gasteiger partial charge on any atom is -0.495 e.